The van der Waals surface area contributed by atoms with Crippen LogP contribution in [-0.4, -0.2) is 278 Å². The maximum absolute atomic E-state index is 11.9. The first-order valence-electron chi connectivity index (χ1n) is 37.9. The molecule has 7 saturated heterocycles. The zero-order valence-electron chi connectivity index (χ0n) is 70.3. The van der Waals surface area contributed by atoms with Crippen molar-refractivity contribution >= 4 is 84.8 Å². The molecule has 0 aromatic carbocycles. The summed E-state index contributed by atoms with van der Waals surface area (Å²) in [6.45, 7) is 41.0. The van der Waals surface area contributed by atoms with Gasteiger partial charge in [0.1, 0.15) is 45.3 Å². The molecule has 0 radical (unpaired) electrons. The number of aldehydes is 1. The molecule has 8 aliphatic rings. The fraction of sp³-hybridized carbons (Fsp3) is 0.816. The van der Waals surface area contributed by atoms with Crippen LogP contribution in [-0.2, 0) is 80.9 Å². The number of hydrazone groups is 1. The summed E-state index contributed by atoms with van der Waals surface area (Å²) in [6.07, 6.45) is 7.45. The Morgan fingerprint density at radius 3 is 1.00 bits per heavy atom. The van der Waals surface area contributed by atoms with Crippen molar-refractivity contribution in [3.05, 3.63) is 0 Å². The van der Waals surface area contributed by atoms with Crippen molar-refractivity contribution in [2.24, 2.45) is 38.1 Å². The number of hydrazine groups is 1. The molecule has 8 rings (SSSR count). The third-order valence-electron chi connectivity index (χ3n) is 19.5. The van der Waals surface area contributed by atoms with Gasteiger partial charge in [-0.3, -0.25) is 34.2 Å². The minimum absolute atomic E-state index is 0. The molecule has 0 unspecified atom stereocenters. The Morgan fingerprint density at radius 1 is 0.441 bits per heavy atom. The molecule has 111 heavy (non-hydrogen) atoms. The monoisotopic (exact) mass is 1580 g/mol. The van der Waals surface area contributed by atoms with Crippen LogP contribution in [0.15, 0.2) is 5.10 Å². The molecule has 35 heteroatoms. The van der Waals surface area contributed by atoms with Gasteiger partial charge in [0.2, 0.25) is 5.91 Å². The third kappa shape index (κ3) is 30.9. The second-order valence-corrected chi connectivity index (χ2v) is 34.9. The number of piperidine rings is 6. The predicted molar refractivity (Wildman–Crippen MR) is 406 cm³/mol. The Hall–Kier alpha value is -8.34. The van der Waals surface area contributed by atoms with Crippen molar-refractivity contribution in [1.82, 2.24) is 45.7 Å². The summed E-state index contributed by atoms with van der Waals surface area (Å²) < 4.78 is 50.7. The smallest absolute Gasteiger partial charge is 0.410 e. The number of nitrogens with zero attached hydrogens (tertiary/aromatic N) is 7. The van der Waals surface area contributed by atoms with E-state index in [9.17, 15) is 67.4 Å². The van der Waals surface area contributed by atoms with Crippen LogP contribution in [0, 0.1) is 33.0 Å². The number of carbonyl (C=O) groups is 13. The van der Waals surface area contributed by atoms with Crippen molar-refractivity contribution in [1.29, 1.82) is 0 Å². The molecule has 636 valence electrons. The minimum atomic E-state index is -1.12. The fourth-order valence-electron chi connectivity index (χ4n) is 12.7. The number of aliphatic hydroxyl groups is 1. The number of esters is 4. The van der Waals surface area contributed by atoms with E-state index >= 15 is 0 Å². The average Bonchev–Trinajstić information content (AvgIpc) is 1.47. The molecule has 6 N–H and O–H groups in total. The number of aliphatic hydroxyl groups excluding tert-OH is 1. The van der Waals surface area contributed by atoms with Crippen LogP contribution in [0.3, 0.4) is 0 Å². The number of carbonyl (C=O) groups excluding carboxylic acids is 13. The van der Waals surface area contributed by atoms with Gasteiger partial charge in [0, 0.05) is 91.3 Å². The van der Waals surface area contributed by atoms with Crippen LogP contribution >= 0.6 is 0 Å². The van der Waals surface area contributed by atoms with E-state index in [4.69, 9.17) is 42.6 Å². The highest BCUT2D eigenvalue weighted by Gasteiger charge is 2.49. The van der Waals surface area contributed by atoms with Crippen LogP contribution in [0.5, 0.6) is 0 Å². The van der Waals surface area contributed by atoms with Gasteiger partial charge in [0.05, 0.1) is 62.6 Å². The Morgan fingerprint density at radius 2 is 0.739 bits per heavy atom. The van der Waals surface area contributed by atoms with Crippen molar-refractivity contribution in [2.75, 3.05) is 120 Å². The number of nitrogens with one attached hydrogen (secondary N) is 3. The van der Waals surface area contributed by atoms with Crippen molar-refractivity contribution in [2.45, 2.75) is 249 Å². The third-order valence-corrected chi connectivity index (χ3v) is 19.5. The summed E-state index contributed by atoms with van der Waals surface area (Å²) in [5, 5.41) is 13.2. The summed E-state index contributed by atoms with van der Waals surface area (Å²) in [5.41, 5.74) is 1.67. The number of hydrogen-bond acceptors (Lipinski definition) is 26. The summed E-state index contributed by atoms with van der Waals surface area (Å²) in [6, 6.07) is 0. The maximum atomic E-state index is 11.9. The van der Waals surface area contributed by atoms with Gasteiger partial charge in [-0.15, -0.1) is 0 Å². The molecule has 8 amide bonds. The second-order valence-electron chi connectivity index (χ2n) is 34.9. The van der Waals surface area contributed by atoms with Crippen LogP contribution in [0.25, 0.3) is 0 Å². The Balaban J connectivity index is 0.000000451. The first-order chi connectivity index (χ1) is 50.7. The molecule has 0 aliphatic carbocycles. The highest BCUT2D eigenvalue weighted by atomic mass is 16.6. The van der Waals surface area contributed by atoms with Gasteiger partial charge in [-0.1, -0.05) is 6.92 Å². The molecule has 35 nitrogen and oxygen atoms in total. The number of rotatable bonds is 7. The quantitative estimate of drug-likeness (QED) is 0.0814. The summed E-state index contributed by atoms with van der Waals surface area (Å²) >= 11 is 0. The number of methoxy groups -OCH3 is 4. The summed E-state index contributed by atoms with van der Waals surface area (Å²) in [4.78, 5) is 162. The lowest BCUT2D eigenvalue weighted by molar-refractivity contribution is -0.159. The van der Waals surface area contributed by atoms with E-state index in [1.54, 1.807) is 72.3 Å². The normalized spacial score (nSPS) is 19.7. The van der Waals surface area contributed by atoms with Crippen molar-refractivity contribution < 1.29 is 120 Å². The van der Waals surface area contributed by atoms with Gasteiger partial charge in [-0.25, -0.2) is 39.6 Å². The van der Waals surface area contributed by atoms with Crippen molar-refractivity contribution in [3.63, 3.8) is 0 Å². The molecule has 0 atom stereocenters. The zero-order valence-corrected chi connectivity index (χ0v) is 70.3. The Kier molecular flexibility index (Phi) is 36.9. The van der Waals surface area contributed by atoms with E-state index in [-0.39, 0.29) is 90.5 Å². The van der Waals surface area contributed by atoms with Gasteiger partial charge in [-0.2, -0.15) is 5.10 Å². The SMILES string of the molecule is CC(C)(C)OC(=O)N1CCC2(C=NNC2=O)CC1.CC(C)(C)OC(=O)N1CCC2(CC1)CNNC2=O.CCC1(C(=O)OC)CCN(C(=O)OC(C)(C)C)CC1.COC(=O)C1(C=O)CCN(C(=O)OC(C)(C)C)CC1.COC(=O)C1(CO)CCN(C(=O)OC(C)(C)C)CC1.COC(=O)C1CCN(C(=O)OC(C)(C)C)CC1.O. The lowest BCUT2D eigenvalue weighted by atomic mass is 9.76. The van der Waals surface area contributed by atoms with E-state index in [1.807, 2.05) is 90.0 Å². The standard InChI is InChI=1S/C14H25NO4.C13H23NO5.C13H21NO5.C12H21N3O3.C12H19N3O3.C12H21NO4.H2O/c1-6-14(11(16)18-5)7-9-15(10-8-14)12(17)19-13(2,3)4;2*1-12(2,3)19-11(17)14-7-5-13(9-15,6-8-14)10(16)18-4;2*1-11(2,3)18-10(17)15-6-4-12(5-7-15)8-13-14-9(12)16;1-12(2,3)17-11(15)13-7-5-9(6-8-13)10(14)16-4;/h6-10H2,1-5H3;15H,5-9H2,1-4H3;9H,5-8H2,1-4H3;13H,4-8H2,1-3H3,(H,14,16);8H,4-7H2,1-3H3,(H,14,16);9H,5-8H2,1-4H3;1H2. The molecule has 0 aromatic rings. The lowest BCUT2D eigenvalue weighted by Gasteiger charge is -2.39. The van der Waals surface area contributed by atoms with Gasteiger partial charge in [0.15, 0.2) is 0 Å². The summed E-state index contributed by atoms with van der Waals surface area (Å²) in [5.74, 6) is -1.41. The van der Waals surface area contributed by atoms with Gasteiger partial charge in [-0.05, 0) is 208 Å². The first kappa shape index (κ1) is 98.7. The number of amides is 8. The molecule has 2 spiro atoms. The van der Waals surface area contributed by atoms with E-state index in [1.165, 1.54) is 33.3 Å². The Bertz CT molecular complexity index is 3080. The molecule has 0 bridgehead atoms. The zero-order chi connectivity index (χ0) is 83.9. The molecule has 8 heterocycles. The van der Waals surface area contributed by atoms with Crippen LogP contribution in [0.4, 0.5) is 28.8 Å². The van der Waals surface area contributed by atoms with Crippen LogP contribution < -0.4 is 16.3 Å². The minimum Gasteiger partial charge on any atom is -0.469 e. The Labute approximate surface area is 655 Å². The average molecular weight is 1590 g/mol. The lowest BCUT2D eigenvalue weighted by Crippen LogP contribution is -2.49. The number of ether oxygens (including phenoxy) is 10. The van der Waals surface area contributed by atoms with Gasteiger partial charge in [0.25, 0.3) is 5.91 Å². The number of hydrogen-bond donors (Lipinski definition) is 4. The van der Waals surface area contributed by atoms with Crippen LogP contribution in [0.2, 0.25) is 0 Å². The highest BCUT2D eigenvalue weighted by Crippen LogP contribution is 2.39. The highest BCUT2D eigenvalue weighted by molar-refractivity contribution is 6.02. The summed E-state index contributed by atoms with van der Waals surface area (Å²) in [7, 11) is 5.37. The largest absolute Gasteiger partial charge is 0.469 e. The molecule has 0 saturated carbocycles. The van der Waals surface area contributed by atoms with Crippen molar-refractivity contribution in [3.8, 4) is 0 Å². The van der Waals surface area contributed by atoms with Gasteiger partial charge < -0.3 is 92.1 Å². The molecule has 7 fully saturated rings. The second kappa shape index (κ2) is 41.4. The predicted octanol–water partition coefficient (Wildman–Crippen LogP) is 7.87. The van der Waals surface area contributed by atoms with E-state index in [2.05, 4.69) is 26.1 Å². The molecular formula is C76H132N10O25. The van der Waals surface area contributed by atoms with E-state index in [0.29, 0.717) is 156 Å². The number of likely N-dealkylation sites (tertiary alicyclic amines) is 6. The topological polar surface area (TPSA) is 434 Å². The maximum Gasteiger partial charge on any atom is 0.410 e. The van der Waals surface area contributed by atoms with E-state index in [0.717, 1.165) is 6.42 Å². The van der Waals surface area contributed by atoms with E-state index < -0.39 is 73.3 Å². The van der Waals surface area contributed by atoms with Gasteiger partial charge >= 0.3 is 60.4 Å². The molecule has 8 aliphatic heterocycles. The molecular weight excluding hydrogens is 1450 g/mol. The fourth-order valence-corrected chi connectivity index (χ4v) is 12.7. The first-order valence-corrected chi connectivity index (χ1v) is 37.9. The molecule has 0 aromatic heterocycles. The van der Waals surface area contributed by atoms with Crippen LogP contribution in [0.1, 0.15) is 215 Å².